The van der Waals surface area contributed by atoms with Crippen LogP contribution in [0.2, 0.25) is 0 Å². The standard InChI is InChI=1S/C29H33FN2O3/c1-3-29(2)24(10-11-25(29)22-15-23(30)17-31-16-22)20-8-6-19-14-21(9-7-18(19)13-20)27(33)32-12-4-5-26(32)28(34)35/h7,9,11,14-17,20,24,26H,3-6,8,10,12-13H2,1-2H3,(H,34,35). The third-order valence-corrected chi connectivity index (χ3v) is 8.85. The SMILES string of the molecule is CCC1(C)C(c2cncc(F)c2)=CCC1C1CCc2cc(C(=O)N3CCCC3C(=O)O)ccc2C1. The first kappa shape index (κ1) is 23.7. The highest BCUT2D eigenvalue weighted by Crippen LogP contribution is 2.55. The first-order chi connectivity index (χ1) is 16.8. The van der Waals surface area contributed by atoms with E-state index in [1.54, 1.807) is 12.3 Å². The number of amides is 1. The van der Waals surface area contributed by atoms with Gasteiger partial charge < -0.3 is 10.0 Å². The van der Waals surface area contributed by atoms with E-state index in [1.807, 2.05) is 12.1 Å². The predicted octanol–water partition coefficient (Wildman–Crippen LogP) is 5.53. The van der Waals surface area contributed by atoms with Crippen molar-refractivity contribution in [2.24, 2.45) is 17.3 Å². The Labute approximate surface area is 206 Å². The fraction of sp³-hybridized carbons (Fsp3) is 0.483. The number of carboxylic acid groups (broad SMARTS) is 1. The largest absolute Gasteiger partial charge is 0.480 e. The van der Waals surface area contributed by atoms with Crippen LogP contribution < -0.4 is 0 Å². The van der Waals surface area contributed by atoms with Crippen molar-refractivity contribution in [3.05, 3.63) is 70.8 Å². The number of halogens is 1. The van der Waals surface area contributed by atoms with Gasteiger partial charge in [-0.3, -0.25) is 9.78 Å². The summed E-state index contributed by atoms with van der Waals surface area (Å²) in [4.78, 5) is 30.2. The molecule has 1 aliphatic heterocycles. The maximum Gasteiger partial charge on any atom is 0.326 e. The van der Waals surface area contributed by atoms with Gasteiger partial charge in [-0.1, -0.05) is 26.0 Å². The highest BCUT2D eigenvalue weighted by Gasteiger charge is 2.45. The number of carbonyl (C=O) groups excluding carboxylic acids is 1. The molecule has 4 unspecified atom stereocenters. The molecule has 4 atom stereocenters. The molecule has 1 aromatic heterocycles. The number of hydrogen-bond donors (Lipinski definition) is 1. The Morgan fingerprint density at radius 1 is 1.20 bits per heavy atom. The molecule has 1 fully saturated rings. The van der Waals surface area contributed by atoms with Crippen LogP contribution in [0.4, 0.5) is 4.39 Å². The molecule has 35 heavy (non-hydrogen) atoms. The number of hydrogen-bond acceptors (Lipinski definition) is 3. The molecule has 2 aliphatic carbocycles. The van der Waals surface area contributed by atoms with Gasteiger partial charge in [-0.05, 0) is 103 Å². The number of aryl methyl sites for hydroxylation is 1. The molecule has 1 amide bonds. The van der Waals surface area contributed by atoms with Gasteiger partial charge >= 0.3 is 5.97 Å². The number of carboxylic acids is 1. The fourth-order valence-electron chi connectivity index (χ4n) is 6.80. The Kier molecular flexibility index (Phi) is 6.24. The molecular weight excluding hydrogens is 443 g/mol. The summed E-state index contributed by atoms with van der Waals surface area (Å²) < 4.78 is 13.9. The molecule has 0 radical (unpaired) electrons. The molecular formula is C29H33FN2O3. The minimum absolute atomic E-state index is 0.0326. The van der Waals surface area contributed by atoms with E-state index >= 15 is 0 Å². The molecule has 6 heteroatoms. The van der Waals surface area contributed by atoms with Gasteiger partial charge in [0.15, 0.2) is 0 Å². The summed E-state index contributed by atoms with van der Waals surface area (Å²) in [6.07, 6.45) is 11.5. The average molecular weight is 477 g/mol. The second-order valence-electron chi connectivity index (χ2n) is 10.6. The van der Waals surface area contributed by atoms with Gasteiger partial charge in [0.1, 0.15) is 11.9 Å². The number of aromatic nitrogens is 1. The van der Waals surface area contributed by atoms with Crippen LogP contribution in [0.3, 0.4) is 0 Å². The van der Waals surface area contributed by atoms with Crippen molar-refractivity contribution in [1.82, 2.24) is 9.88 Å². The van der Waals surface area contributed by atoms with E-state index in [0.29, 0.717) is 30.4 Å². The maximum absolute atomic E-state index is 13.9. The molecule has 2 aromatic rings. The van der Waals surface area contributed by atoms with Gasteiger partial charge in [0.25, 0.3) is 5.91 Å². The molecule has 0 bridgehead atoms. The minimum atomic E-state index is -0.922. The topological polar surface area (TPSA) is 70.5 Å². The van der Waals surface area contributed by atoms with E-state index in [2.05, 4.69) is 31.0 Å². The van der Waals surface area contributed by atoms with Crippen molar-refractivity contribution >= 4 is 17.4 Å². The lowest BCUT2D eigenvalue weighted by Crippen LogP contribution is -2.40. The van der Waals surface area contributed by atoms with Gasteiger partial charge in [0, 0.05) is 18.3 Å². The molecule has 184 valence electrons. The zero-order valence-corrected chi connectivity index (χ0v) is 20.5. The Hall–Kier alpha value is -3.02. The zero-order valence-electron chi connectivity index (χ0n) is 20.5. The summed E-state index contributed by atoms with van der Waals surface area (Å²) in [5.41, 5.74) is 5.15. The van der Waals surface area contributed by atoms with Crippen molar-refractivity contribution in [2.45, 2.75) is 64.8 Å². The van der Waals surface area contributed by atoms with Crippen molar-refractivity contribution in [3.63, 3.8) is 0 Å². The summed E-state index contributed by atoms with van der Waals surface area (Å²) >= 11 is 0. The van der Waals surface area contributed by atoms with Crippen LogP contribution in [0.1, 0.15) is 73.0 Å². The van der Waals surface area contributed by atoms with Crippen molar-refractivity contribution < 1.29 is 19.1 Å². The molecule has 5 rings (SSSR count). The van der Waals surface area contributed by atoms with Crippen molar-refractivity contribution in [2.75, 3.05) is 6.54 Å². The monoisotopic (exact) mass is 476 g/mol. The fourth-order valence-corrected chi connectivity index (χ4v) is 6.80. The molecule has 1 aromatic carbocycles. The highest BCUT2D eigenvalue weighted by atomic mass is 19.1. The Bertz CT molecular complexity index is 1190. The lowest BCUT2D eigenvalue weighted by molar-refractivity contribution is -0.141. The highest BCUT2D eigenvalue weighted by molar-refractivity contribution is 5.97. The first-order valence-corrected chi connectivity index (χ1v) is 12.8. The number of likely N-dealkylation sites (tertiary alicyclic amines) is 1. The summed E-state index contributed by atoms with van der Waals surface area (Å²) in [6, 6.07) is 6.81. The summed E-state index contributed by atoms with van der Waals surface area (Å²) in [5.74, 6) is -0.410. The number of aliphatic carboxylic acids is 1. The third-order valence-electron chi connectivity index (χ3n) is 8.85. The van der Waals surface area contributed by atoms with E-state index in [-0.39, 0.29) is 17.1 Å². The zero-order chi connectivity index (χ0) is 24.7. The number of rotatable bonds is 5. The minimum Gasteiger partial charge on any atom is -0.480 e. The maximum atomic E-state index is 13.9. The second kappa shape index (κ2) is 9.21. The number of carbonyl (C=O) groups is 2. The number of allylic oxidation sites excluding steroid dienone is 2. The van der Waals surface area contributed by atoms with Gasteiger partial charge in [-0.2, -0.15) is 0 Å². The van der Waals surface area contributed by atoms with E-state index < -0.39 is 12.0 Å². The third kappa shape index (κ3) is 4.17. The van der Waals surface area contributed by atoms with Gasteiger partial charge in [-0.25, -0.2) is 9.18 Å². The Balaban J connectivity index is 1.34. The number of pyridine rings is 1. The molecule has 2 heterocycles. The molecule has 1 saturated heterocycles. The first-order valence-electron chi connectivity index (χ1n) is 12.8. The van der Waals surface area contributed by atoms with E-state index in [0.717, 1.165) is 44.1 Å². The van der Waals surface area contributed by atoms with Crippen LogP contribution in [-0.4, -0.2) is 39.5 Å². The Morgan fingerprint density at radius 3 is 2.77 bits per heavy atom. The van der Waals surface area contributed by atoms with Crippen LogP contribution in [0, 0.1) is 23.1 Å². The van der Waals surface area contributed by atoms with E-state index in [1.165, 1.54) is 27.8 Å². The summed E-state index contributed by atoms with van der Waals surface area (Å²) in [6.45, 7) is 5.03. The van der Waals surface area contributed by atoms with Crippen LogP contribution in [0.5, 0.6) is 0 Å². The van der Waals surface area contributed by atoms with E-state index in [4.69, 9.17) is 0 Å². The average Bonchev–Trinajstić information content (AvgIpc) is 3.48. The van der Waals surface area contributed by atoms with Gasteiger partial charge in [0.2, 0.25) is 0 Å². The van der Waals surface area contributed by atoms with E-state index in [9.17, 15) is 19.1 Å². The van der Waals surface area contributed by atoms with Gasteiger partial charge in [0.05, 0.1) is 6.20 Å². The van der Waals surface area contributed by atoms with Crippen LogP contribution >= 0.6 is 0 Å². The van der Waals surface area contributed by atoms with Gasteiger partial charge in [-0.15, -0.1) is 0 Å². The second-order valence-corrected chi connectivity index (χ2v) is 10.6. The predicted molar refractivity (Wildman–Crippen MR) is 132 cm³/mol. The Morgan fingerprint density at radius 2 is 2.03 bits per heavy atom. The number of nitrogens with zero attached hydrogens (tertiary/aromatic N) is 2. The molecule has 5 nitrogen and oxygen atoms in total. The van der Waals surface area contributed by atoms with Crippen molar-refractivity contribution in [1.29, 1.82) is 0 Å². The molecule has 1 N–H and O–H groups in total. The number of benzene rings is 1. The lowest BCUT2D eigenvalue weighted by Gasteiger charge is -2.41. The molecule has 3 aliphatic rings. The lowest BCUT2D eigenvalue weighted by atomic mass is 9.63. The smallest absolute Gasteiger partial charge is 0.326 e. The summed E-state index contributed by atoms with van der Waals surface area (Å²) in [7, 11) is 0. The van der Waals surface area contributed by atoms with Crippen LogP contribution in [-0.2, 0) is 17.6 Å². The molecule has 0 spiro atoms. The molecule has 0 saturated carbocycles. The summed E-state index contributed by atoms with van der Waals surface area (Å²) in [5, 5.41) is 9.45. The normalized spacial score (nSPS) is 28.0. The van der Waals surface area contributed by atoms with Crippen LogP contribution in [0.25, 0.3) is 5.57 Å². The quantitative estimate of drug-likeness (QED) is 0.616. The van der Waals surface area contributed by atoms with Crippen LogP contribution in [0.15, 0.2) is 42.7 Å². The number of fused-ring (bicyclic) bond motifs is 1. The van der Waals surface area contributed by atoms with Crippen molar-refractivity contribution in [3.8, 4) is 0 Å².